The van der Waals surface area contributed by atoms with Crippen LogP contribution in [0.3, 0.4) is 0 Å². The number of likely N-dealkylation sites (N-methyl/N-ethyl adjacent to an activating group) is 1. The average molecular weight is 187 g/mol. The Bertz CT molecular complexity index is 153. The SMILES string of the molecule is CNC1CCOCC1OC(C)(C)C. The van der Waals surface area contributed by atoms with Crippen molar-refractivity contribution in [2.45, 2.75) is 44.9 Å². The van der Waals surface area contributed by atoms with Crippen LogP contribution in [0.5, 0.6) is 0 Å². The summed E-state index contributed by atoms with van der Waals surface area (Å²) in [5, 5.41) is 3.27. The highest BCUT2D eigenvalue weighted by molar-refractivity contribution is 4.81. The third-order valence-corrected chi connectivity index (χ3v) is 2.18. The summed E-state index contributed by atoms with van der Waals surface area (Å²) in [7, 11) is 1.98. The Hall–Kier alpha value is -0.120. The van der Waals surface area contributed by atoms with Crippen molar-refractivity contribution in [3.63, 3.8) is 0 Å². The molecule has 1 aliphatic rings. The second-order valence-corrected chi connectivity index (χ2v) is 4.53. The minimum atomic E-state index is -0.0829. The van der Waals surface area contributed by atoms with E-state index in [4.69, 9.17) is 9.47 Å². The van der Waals surface area contributed by atoms with E-state index in [-0.39, 0.29) is 11.7 Å². The molecule has 1 fully saturated rings. The van der Waals surface area contributed by atoms with Crippen LogP contribution in [-0.4, -0.2) is 38.0 Å². The topological polar surface area (TPSA) is 30.5 Å². The van der Waals surface area contributed by atoms with Gasteiger partial charge in [0.25, 0.3) is 0 Å². The molecule has 0 aromatic heterocycles. The Morgan fingerprint density at radius 3 is 2.62 bits per heavy atom. The van der Waals surface area contributed by atoms with Crippen molar-refractivity contribution in [2.24, 2.45) is 0 Å². The van der Waals surface area contributed by atoms with Gasteiger partial charge in [0.05, 0.1) is 18.3 Å². The first kappa shape index (κ1) is 11.0. The molecule has 0 aliphatic carbocycles. The van der Waals surface area contributed by atoms with Gasteiger partial charge in [0.2, 0.25) is 0 Å². The lowest BCUT2D eigenvalue weighted by Crippen LogP contribution is -2.49. The Morgan fingerprint density at radius 2 is 2.08 bits per heavy atom. The molecule has 1 rings (SSSR count). The number of rotatable bonds is 2. The molecule has 0 amide bonds. The lowest BCUT2D eigenvalue weighted by atomic mass is 10.0. The highest BCUT2D eigenvalue weighted by atomic mass is 16.5. The molecule has 0 radical (unpaired) electrons. The van der Waals surface area contributed by atoms with Gasteiger partial charge < -0.3 is 14.8 Å². The van der Waals surface area contributed by atoms with Crippen LogP contribution < -0.4 is 5.32 Å². The molecule has 1 heterocycles. The smallest absolute Gasteiger partial charge is 0.0968 e. The molecule has 2 atom stereocenters. The minimum Gasteiger partial charge on any atom is -0.379 e. The monoisotopic (exact) mass is 187 g/mol. The Labute approximate surface area is 80.8 Å². The van der Waals surface area contributed by atoms with E-state index in [1.165, 1.54) is 0 Å². The standard InChI is InChI=1S/C10H21NO2/c1-10(2,3)13-9-7-12-6-5-8(9)11-4/h8-9,11H,5-7H2,1-4H3. The highest BCUT2D eigenvalue weighted by Crippen LogP contribution is 2.18. The maximum Gasteiger partial charge on any atom is 0.0968 e. The van der Waals surface area contributed by atoms with Crippen molar-refractivity contribution >= 4 is 0 Å². The van der Waals surface area contributed by atoms with Gasteiger partial charge in [-0.05, 0) is 34.2 Å². The van der Waals surface area contributed by atoms with E-state index in [2.05, 4.69) is 26.1 Å². The van der Waals surface area contributed by atoms with Gasteiger partial charge in [-0.2, -0.15) is 0 Å². The fourth-order valence-electron chi connectivity index (χ4n) is 1.61. The molecule has 0 aromatic rings. The molecular formula is C10H21NO2. The van der Waals surface area contributed by atoms with Crippen molar-refractivity contribution < 1.29 is 9.47 Å². The van der Waals surface area contributed by atoms with Crippen LogP contribution in [-0.2, 0) is 9.47 Å². The van der Waals surface area contributed by atoms with E-state index in [1.807, 2.05) is 7.05 Å². The fraction of sp³-hybridized carbons (Fsp3) is 1.00. The molecule has 0 aromatic carbocycles. The highest BCUT2D eigenvalue weighted by Gasteiger charge is 2.28. The largest absolute Gasteiger partial charge is 0.379 e. The summed E-state index contributed by atoms with van der Waals surface area (Å²) in [6.45, 7) is 7.79. The van der Waals surface area contributed by atoms with E-state index in [0.29, 0.717) is 12.6 Å². The zero-order chi connectivity index (χ0) is 9.90. The van der Waals surface area contributed by atoms with Crippen LogP contribution >= 0.6 is 0 Å². The molecule has 78 valence electrons. The van der Waals surface area contributed by atoms with Gasteiger partial charge in [0.1, 0.15) is 0 Å². The molecule has 1 N–H and O–H groups in total. The number of nitrogens with one attached hydrogen (secondary N) is 1. The summed E-state index contributed by atoms with van der Waals surface area (Å²) in [4.78, 5) is 0. The zero-order valence-electron chi connectivity index (χ0n) is 9.09. The Morgan fingerprint density at radius 1 is 1.38 bits per heavy atom. The predicted molar refractivity (Wildman–Crippen MR) is 52.9 cm³/mol. The molecule has 0 bridgehead atoms. The van der Waals surface area contributed by atoms with Gasteiger partial charge in [-0.1, -0.05) is 0 Å². The first-order valence-electron chi connectivity index (χ1n) is 4.96. The maximum absolute atomic E-state index is 5.89. The van der Waals surface area contributed by atoms with Gasteiger partial charge >= 0.3 is 0 Å². The number of hydrogen-bond acceptors (Lipinski definition) is 3. The second-order valence-electron chi connectivity index (χ2n) is 4.53. The predicted octanol–water partition coefficient (Wildman–Crippen LogP) is 1.18. The average Bonchev–Trinajstić information content (AvgIpc) is 2.02. The van der Waals surface area contributed by atoms with Gasteiger partial charge in [0, 0.05) is 12.6 Å². The lowest BCUT2D eigenvalue weighted by Gasteiger charge is -2.35. The molecule has 13 heavy (non-hydrogen) atoms. The van der Waals surface area contributed by atoms with Crippen molar-refractivity contribution in [3.8, 4) is 0 Å². The second kappa shape index (κ2) is 4.40. The molecule has 0 saturated carbocycles. The number of hydrogen-bond donors (Lipinski definition) is 1. The summed E-state index contributed by atoms with van der Waals surface area (Å²) in [5.74, 6) is 0. The normalized spacial score (nSPS) is 30.5. The minimum absolute atomic E-state index is 0.0829. The summed E-state index contributed by atoms with van der Waals surface area (Å²) < 4.78 is 11.3. The first-order valence-corrected chi connectivity index (χ1v) is 4.96. The van der Waals surface area contributed by atoms with E-state index in [0.717, 1.165) is 13.0 Å². The molecule has 2 unspecified atom stereocenters. The van der Waals surface area contributed by atoms with Crippen LogP contribution in [0.15, 0.2) is 0 Å². The van der Waals surface area contributed by atoms with Crippen molar-refractivity contribution in [3.05, 3.63) is 0 Å². The summed E-state index contributed by atoms with van der Waals surface area (Å²) in [6.07, 6.45) is 1.23. The van der Waals surface area contributed by atoms with Crippen LogP contribution in [0, 0.1) is 0 Å². The molecule has 1 saturated heterocycles. The fourth-order valence-corrected chi connectivity index (χ4v) is 1.61. The van der Waals surface area contributed by atoms with E-state index >= 15 is 0 Å². The summed E-state index contributed by atoms with van der Waals surface area (Å²) in [6, 6.07) is 0.438. The van der Waals surface area contributed by atoms with Crippen LogP contribution in [0.2, 0.25) is 0 Å². The maximum atomic E-state index is 5.89. The van der Waals surface area contributed by atoms with Crippen molar-refractivity contribution in [1.82, 2.24) is 5.32 Å². The van der Waals surface area contributed by atoms with E-state index in [9.17, 15) is 0 Å². The number of ether oxygens (including phenoxy) is 2. The lowest BCUT2D eigenvalue weighted by molar-refractivity contribution is -0.126. The molecule has 3 nitrogen and oxygen atoms in total. The quantitative estimate of drug-likeness (QED) is 0.704. The first-order chi connectivity index (χ1) is 6.03. The van der Waals surface area contributed by atoms with Gasteiger partial charge in [-0.3, -0.25) is 0 Å². The molecule has 1 aliphatic heterocycles. The molecular weight excluding hydrogens is 166 g/mol. The Balaban J connectivity index is 2.45. The van der Waals surface area contributed by atoms with Crippen molar-refractivity contribution in [2.75, 3.05) is 20.3 Å². The van der Waals surface area contributed by atoms with Gasteiger partial charge in [-0.15, -0.1) is 0 Å². The van der Waals surface area contributed by atoms with Gasteiger partial charge in [-0.25, -0.2) is 0 Å². The molecule has 0 spiro atoms. The van der Waals surface area contributed by atoms with Crippen LogP contribution in [0.4, 0.5) is 0 Å². The van der Waals surface area contributed by atoms with E-state index < -0.39 is 0 Å². The summed E-state index contributed by atoms with van der Waals surface area (Å²) in [5.41, 5.74) is -0.0829. The van der Waals surface area contributed by atoms with E-state index in [1.54, 1.807) is 0 Å². The summed E-state index contributed by atoms with van der Waals surface area (Å²) >= 11 is 0. The van der Waals surface area contributed by atoms with Crippen LogP contribution in [0.25, 0.3) is 0 Å². The third-order valence-electron chi connectivity index (χ3n) is 2.18. The zero-order valence-corrected chi connectivity index (χ0v) is 9.09. The Kier molecular flexibility index (Phi) is 3.71. The molecule has 3 heteroatoms. The third kappa shape index (κ3) is 3.63. The van der Waals surface area contributed by atoms with Gasteiger partial charge in [0.15, 0.2) is 0 Å². The van der Waals surface area contributed by atoms with Crippen molar-refractivity contribution in [1.29, 1.82) is 0 Å². The van der Waals surface area contributed by atoms with Crippen LogP contribution in [0.1, 0.15) is 27.2 Å².